The van der Waals surface area contributed by atoms with Gasteiger partial charge in [0.1, 0.15) is 5.82 Å². The summed E-state index contributed by atoms with van der Waals surface area (Å²) in [6.07, 6.45) is -3.10. The van der Waals surface area contributed by atoms with Crippen LogP contribution in [-0.2, 0) is 13.2 Å². The highest BCUT2D eigenvalue weighted by Crippen LogP contribution is 2.37. The molecule has 0 fully saturated rings. The Morgan fingerprint density at radius 3 is 2.45 bits per heavy atom. The van der Waals surface area contributed by atoms with Crippen molar-refractivity contribution < 1.29 is 18.0 Å². The van der Waals surface area contributed by atoms with Crippen LogP contribution in [0.1, 0.15) is 15.9 Å². The first-order chi connectivity index (χ1) is 14.7. The van der Waals surface area contributed by atoms with Crippen molar-refractivity contribution in [1.29, 1.82) is 0 Å². The molecule has 0 bridgehead atoms. The molecular formula is C21H16F3N5O2. The summed E-state index contributed by atoms with van der Waals surface area (Å²) < 4.78 is 43.2. The number of halogens is 3. The van der Waals surface area contributed by atoms with Crippen molar-refractivity contribution in [1.82, 2.24) is 19.6 Å². The number of amides is 1. The lowest BCUT2D eigenvalue weighted by Gasteiger charge is -2.14. The predicted molar refractivity (Wildman–Crippen MR) is 108 cm³/mol. The summed E-state index contributed by atoms with van der Waals surface area (Å²) in [5.41, 5.74) is -0.877. The molecule has 158 valence electrons. The van der Waals surface area contributed by atoms with Crippen LogP contribution in [0.3, 0.4) is 0 Å². The van der Waals surface area contributed by atoms with Crippen molar-refractivity contribution in [3.05, 3.63) is 88.3 Å². The van der Waals surface area contributed by atoms with Crippen LogP contribution in [0, 0.1) is 0 Å². The average molecular weight is 427 g/mol. The quantitative estimate of drug-likeness (QED) is 0.519. The number of H-pyrrole nitrogens is 1. The minimum Gasteiger partial charge on any atom is -0.306 e. The molecule has 7 nitrogen and oxygen atoms in total. The maximum atomic E-state index is 13.5. The lowest BCUT2D eigenvalue weighted by molar-refractivity contribution is -0.137. The van der Waals surface area contributed by atoms with E-state index in [9.17, 15) is 22.8 Å². The minimum atomic E-state index is -4.61. The summed E-state index contributed by atoms with van der Waals surface area (Å²) in [5, 5.41) is 9.18. The van der Waals surface area contributed by atoms with Crippen molar-refractivity contribution in [3.63, 3.8) is 0 Å². The van der Waals surface area contributed by atoms with Crippen molar-refractivity contribution in [3.8, 4) is 16.9 Å². The highest BCUT2D eigenvalue weighted by Gasteiger charge is 2.34. The molecule has 0 aliphatic heterocycles. The molecule has 31 heavy (non-hydrogen) atoms. The highest BCUT2D eigenvalue weighted by molar-refractivity contribution is 6.04. The van der Waals surface area contributed by atoms with E-state index in [-0.39, 0.29) is 22.6 Å². The van der Waals surface area contributed by atoms with Crippen molar-refractivity contribution in [2.75, 3.05) is 5.32 Å². The monoisotopic (exact) mass is 427 g/mol. The number of carbonyl (C=O) groups excluding carboxylic acids is 1. The van der Waals surface area contributed by atoms with Gasteiger partial charge in [-0.3, -0.25) is 19.4 Å². The van der Waals surface area contributed by atoms with E-state index in [2.05, 4.69) is 15.5 Å². The Morgan fingerprint density at radius 2 is 1.81 bits per heavy atom. The molecule has 4 aromatic rings. The molecule has 0 spiro atoms. The van der Waals surface area contributed by atoms with Gasteiger partial charge in [-0.25, -0.2) is 4.68 Å². The van der Waals surface area contributed by atoms with E-state index in [1.54, 1.807) is 37.4 Å². The average Bonchev–Trinajstić information content (AvgIpc) is 3.33. The zero-order chi connectivity index (χ0) is 22.2. The van der Waals surface area contributed by atoms with Gasteiger partial charge in [-0.15, -0.1) is 0 Å². The third-order valence-corrected chi connectivity index (χ3v) is 4.56. The van der Waals surface area contributed by atoms with E-state index < -0.39 is 23.2 Å². The van der Waals surface area contributed by atoms with E-state index in [1.807, 2.05) is 0 Å². The molecular weight excluding hydrogens is 411 g/mol. The number of aryl methyl sites for hydroxylation is 1. The molecule has 10 heteroatoms. The van der Waals surface area contributed by atoms with Gasteiger partial charge in [-0.2, -0.15) is 18.3 Å². The number of nitrogens with zero attached hydrogens (tertiary/aromatic N) is 3. The second kappa shape index (κ2) is 7.63. The van der Waals surface area contributed by atoms with Crippen molar-refractivity contribution in [2.45, 2.75) is 6.18 Å². The number of benzene rings is 2. The van der Waals surface area contributed by atoms with Crippen LogP contribution < -0.4 is 10.9 Å². The first-order valence-electron chi connectivity index (χ1n) is 9.12. The molecule has 0 aliphatic rings. The number of hydrogen-bond acceptors (Lipinski definition) is 3. The molecule has 4 rings (SSSR count). The van der Waals surface area contributed by atoms with Crippen LogP contribution in [0.15, 0.2) is 71.7 Å². The third kappa shape index (κ3) is 4.13. The summed E-state index contributed by atoms with van der Waals surface area (Å²) in [4.78, 5) is 24.6. The number of alkyl halides is 3. The van der Waals surface area contributed by atoms with E-state index in [0.29, 0.717) is 5.69 Å². The van der Waals surface area contributed by atoms with Gasteiger partial charge in [-0.1, -0.05) is 18.2 Å². The van der Waals surface area contributed by atoms with Crippen LogP contribution >= 0.6 is 0 Å². The summed E-state index contributed by atoms with van der Waals surface area (Å²) in [6, 6.07) is 14.5. The fraction of sp³-hybridized carbons (Fsp3) is 0.0952. The van der Waals surface area contributed by atoms with Gasteiger partial charge >= 0.3 is 6.18 Å². The first kappa shape index (κ1) is 20.2. The lowest BCUT2D eigenvalue weighted by Crippen LogP contribution is -2.16. The van der Waals surface area contributed by atoms with Crippen molar-refractivity contribution >= 4 is 11.7 Å². The number of aromatic amines is 1. The van der Waals surface area contributed by atoms with Crippen LogP contribution in [0.5, 0.6) is 0 Å². The second-order valence-corrected chi connectivity index (χ2v) is 6.76. The maximum Gasteiger partial charge on any atom is 0.417 e. The number of para-hydroxylation sites is 1. The van der Waals surface area contributed by atoms with Gasteiger partial charge in [0.05, 0.1) is 16.9 Å². The number of carbonyl (C=O) groups is 1. The minimum absolute atomic E-state index is 0.0121. The highest BCUT2D eigenvalue weighted by atomic mass is 19.4. The summed E-state index contributed by atoms with van der Waals surface area (Å²) in [5.74, 6) is -0.518. The molecule has 0 unspecified atom stereocenters. The smallest absolute Gasteiger partial charge is 0.306 e. The molecule has 0 saturated heterocycles. The largest absolute Gasteiger partial charge is 0.417 e. The van der Waals surface area contributed by atoms with Gasteiger partial charge in [0, 0.05) is 30.4 Å². The normalized spacial score (nSPS) is 11.5. The Kier molecular flexibility index (Phi) is 4.97. The summed E-state index contributed by atoms with van der Waals surface area (Å²) in [7, 11) is 1.59. The Labute approximate surface area is 173 Å². The van der Waals surface area contributed by atoms with Crippen LogP contribution in [0.25, 0.3) is 16.9 Å². The maximum absolute atomic E-state index is 13.5. The number of aromatic nitrogens is 4. The Morgan fingerprint density at radius 1 is 1.06 bits per heavy atom. The summed E-state index contributed by atoms with van der Waals surface area (Å²) in [6.45, 7) is 0. The molecule has 2 N–H and O–H groups in total. The SMILES string of the molecule is Cn1ccc(-c2cc(C(=O)Nc3cc(=O)[nH]n3-c3ccccc3)ccc2C(F)(F)F)n1. The standard InChI is InChI=1S/C21H16F3N5O2/c1-28-10-9-17(26-28)15-11-13(7-8-16(15)21(22,23)24)20(31)25-18-12-19(30)27-29(18)14-5-3-2-4-6-14/h2-12H,1H3,(H,25,31)(H,27,30). The number of nitrogens with one attached hydrogen (secondary N) is 2. The fourth-order valence-electron chi connectivity index (χ4n) is 3.16. The van der Waals surface area contributed by atoms with Crippen LogP contribution in [0.2, 0.25) is 0 Å². The van der Waals surface area contributed by atoms with Crippen LogP contribution in [0.4, 0.5) is 19.0 Å². The lowest BCUT2D eigenvalue weighted by atomic mass is 10.0. The second-order valence-electron chi connectivity index (χ2n) is 6.76. The first-order valence-corrected chi connectivity index (χ1v) is 9.12. The third-order valence-electron chi connectivity index (χ3n) is 4.56. The van der Waals surface area contributed by atoms with Gasteiger partial charge in [0.2, 0.25) is 0 Å². The zero-order valence-electron chi connectivity index (χ0n) is 16.1. The molecule has 0 radical (unpaired) electrons. The van der Waals surface area contributed by atoms with Gasteiger partial charge in [-0.05, 0) is 36.4 Å². The molecule has 2 heterocycles. The number of hydrogen-bond donors (Lipinski definition) is 2. The van der Waals surface area contributed by atoms with E-state index in [1.165, 1.54) is 27.7 Å². The topological polar surface area (TPSA) is 84.7 Å². The van der Waals surface area contributed by atoms with Gasteiger partial charge in [0.15, 0.2) is 0 Å². The zero-order valence-corrected chi connectivity index (χ0v) is 16.1. The van der Waals surface area contributed by atoms with E-state index in [4.69, 9.17) is 0 Å². The predicted octanol–water partition coefficient (Wildman–Crippen LogP) is 3.84. The number of rotatable bonds is 4. The molecule has 0 saturated carbocycles. The van der Waals surface area contributed by atoms with Crippen LogP contribution in [-0.4, -0.2) is 25.5 Å². The van der Waals surface area contributed by atoms with E-state index >= 15 is 0 Å². The molecule has 0 atom stereocenters. The molecule has 0 aliphatic carbocycles. The molecule has 1 amide bonds. The molecule has 2 aromatic carbocycles. The van der Waals surface area contributed by atoms with Gasteiger partial charge < -0.3 is 5.32 Å². The number of anilines is 1. The van der Waals surface area contributed by atoms with Crippen molar-refractivity contribution in [2.24, 2.45) is 7.05 Å². The summed E-state index contributed by atoms with van der Waals surface area (Å²) >= 11 is 0. The van der Waals surface area contributed by atoms with Gasteiger partial charge in [0.25, 0.3) is 11.5 Å². The fourth-order valence-corrected chi connectivity index (χ4v) is 3.16. The Balaban J connectivity index is 1.72. The van der Waals surface area contributed by atoms with E-state index in [0.717, 1.165) is 18.2 Å². The Bertz CT molecular complexity index is 1300. The Hall–Kier alpha value is -4.08. The molecule has 2 aromatic heterocycles.